The van der Waals surface area contributed by atoms with Crippen LogP contribution in [0.3, 0.4) is 0 Å². The number of aromatic carboxylic acids is 1. The molecule has 0 unspecified atom stereocenters. The summed E-state index contributed by atoms with van der Waals surface area (Å²) in [6, 6.07) is 5.00. The minimum absolute atomic E-state index is 0.163. The Kier molecular flexibility index (Phi) is 3.57. The number of pyridine rings is 1. The van der Waals surface area contributed by atoms with E-state index in [1.54, 1.807) is 24.4 Å². The Bertz CT molecular complexity index is 602. The van der Waals surface area contributed by atoms with Gasteiger partial charge in [-0.25, -0.2) is 19.7 Å². The number of carbonyl (C=O) groups is 1. The van der Waals surface area contributed by atoms with Crippen molar-refractivity contribution in [1.82, 2.24) is 15.0 Å². The van der Waals surface area contributed by atoms with Crippen LogP contribution < -0.4 is 0 Å². The number of aryl methyl sites for hydroxylation is 2. The minimum Gasteiger partial charge on any atom is -0.478 e. The van der Waals surface area contributed by atoms with Gasteiger partial charge in [-0.05, 0) is 43.8 Å². The summed E-state index contributed by atoms with van der Waals surface area (Å²) in [6.45, 7) is 3.67. The third kappa shape index (κ3) is 2.84. The molecule has 0 aliphatic carbocycles. The molecular weight excluding hydrogens is 250 g/mol. The van der Waals surface area contributed by atoms with Crippen LogP contribution in [0, 0.1) is 13.8 Å². The number of carboxylic acids is 1. The number of carboxylic acid groups (broad SMARTS) is 1. The summed E-state index contributed by atoms with van der Waals surface area (Å²) in [7, 11) is 0. The second kappa shape index (κ2) is 5.14. The SMILES string of the molecule is Cc1ccnc(Sc2nc(C)ccc2C(=O)O)n1. The Balaban J connectivity index is 2.39. The monoisotopic (exact) mass is 261 g/mol. The van der Waals surface area contributed by atoms with Crippen LogP contribution in [-0.2, 0) is 0 Å². The Labute approximate surface area is 108 Å². The summed E-state index contributed by atoms with van der Waals surface area (Å²) in [5.41, 5.74) is 1.75. The second-order valence-corrected chi connectivity index (χ2v) is 4.65. The lowest BCUT2D eigenvalue weighted by atomic mass is 10.2. The van der Waals surface area contributed by atoms with Gasteiger partial charge in [-0.15, -0.1) is 0 Å². The molecule has 2 aromatic heterocycles. The lowest BCUT2D eigenvalue weighted by Gasteiger charge is -2.05. The maximum Gasteiger partial charge on any atom is 0.338 e. The van der Waals surface area contributed by atoms with Crippen molar-refractivity contribution in [3.8, 4) is 0 Å². The van der Waals surface area contributed by atoms with E-state index in [0.717, 1.165) is 23.1 Å². The highest BCUT2D eigenvalue weighted by molar-refractivity contribution is 7.99. The van der Waals surface area contributed by atoms with Gasteiger partial charge in [-0.1, -0.05) is 0 Å². The van der Waals surface area contributed by atoms with Crippen LogP contribution >= 0.6 is 11.8 Å². The van der Waals surface area contributed by atoms with E-state index in [1.165, 1.54) is 0 Å². The highest BCUT2D eigenvalue weighted by atomic mass is 32.2. The topological polar surface area (TPSA) is 76.0 Å². The number of rotatable bonds is 3. The molecule has 92 valence electrons. The average molecular weight is 261 g/mol. The van der Waals surface area contributed by atoms with Crippen LogP contribution in [0.4, 0.5) is 0 Å². The molecule has 0 aliphatic heterocycles. The molecule has 0 atom stereocenters. The van der Waals surface area contributed by atoms with E-state index >= 15 is 0 Å². The Morgan fingerprint density at radius 1 is 1.17 bits per heavy atom. The number of nitrogens with zero attached hydrogens (tertiary/aromatic N) is 3. The van der Waals surface area contributed by atoms with E-state index in [2.05, 4.69) is 15.0 Å². The second-order valence-electron chi connectivity index (χ2n) is 3.69. The van der Waals surface area contributed by atoms with Crippen molar-refractivity contribution in [1.29, 1.82) is 0 Å². The maximum atomic E-state index is 11.1. The van der Waals surface area contributed by atoms with Crippen molar-refractivity contribution in [2.45, 2.75) is 24.0 Å². The number of hydrogen-bond donors (Lipinski definition) is 1. The average Bonchev–Trinajstić information content (AvgIpc) is 2.28. The fourth-order valence-electron chi connectivity index (χ4n) is 1.33. The molecule has 0 bridgehead atoms. The largest absolute Gasteiger partial charge is 0.478 e. The van der Waals surface area contributed by atoms with E-state index in [0.29, 0.717) is 10.2 Å². The fourth-order valence-corrected chi connectivity index (χ4v) is 2.27. The van der Waals surface area contributed by atoms with E-state index in [1.807, 2.05) is 13.8 Å². The first-order valence-electron chi connectivity index (χ1n) is 5.24. The molecule has 1 N–H and O–H groups in total. The molecule has 2 aromatic rings. The van der Waals surface area contributed by atoms with E-state index in [-0.39, 0.29) is 5.56 Å². The molecule has 0 radical (unpaired) electrons. The molecule has 5 nitrogen and oxygen atoms in total. The van der Waals surface area contributed by atoms with Gasteiger partial charge in [0.1, 0.15) is 5.03 Å². The van der Waals surface area contributed by atoms with Gasteiger partial charge in [0, 0.05) is 17.6 Å². The zero-order valence-electron chi connectivity index (χ0n) is 9.91. The summed E-state index contributed by atoms with van der Waals surface area (Å²) < 4.78 is 0. The molecule has 18 heavy (non-hydrogen) atoms. The van der Waals surface area contributed by atoms with Gasteiger partial charge in [-0.2, -0.15) is 0 Å². The lowest BCUT2D eigenvalue weighted by Crippen LogP contribution is -2.02. The number of hydrogen-bond acceptors (Lipinski definition) is 5. The Morgan fingerprint density at radius 3 is 2.56 bits per heavy atom. The molecular formula is C12H11N3O2S. The molecule has 2 heterocycles. The molecule has 2 rings (SSSR count). The van der Waals surface area contributed by atoms with Gasteiger partial charge in [0.2, 0.25) is 0 Å². The first-order chi connectivity index (χ1) is 8.56. The summed E-state index contributed by atoms with van der Waals surface area (Å²) in [6.07, 6.45) is 1.64. The van der Waals surface area contributed by atoms with Crippen molar-refractivity contribution >= 4 is 17.7 Å². The lowest BCUT2D eigenvalue weighted by molar-refractivity contribution is 0.0692. The standard InChI is InChI=1S/C12H11N3O2S/c1-7-3-4-9(11(16)17)10(14-7)18-12-13-6-5-8(2)15-12/h3-6H,1-2H3,(H,16,17). The highest BCUT2D eigenvalue weighted by Crippen LogP contribution is 2.26. The summed E-state index contributed by atoms with van der Waals surface area (Å²) in [4.78, 5) is 23.6. The van der Waals surface area contributed by atoms with Crippen LogP contribution in [0.5, 0.6) is 0 Å². The van der Waals surface area contributed by atoms with Crippen molar-refractivity contribution in [3.63, 3.8) is 0 Å². The van der Waals surface area contributed by atoms with E-state index in [4.69, 9.17) is 5.11 Å². The van der Waals surface area contributed by atoms with Gasteiger partial charge in [0.15, 0.2) is 5.16 Å². The first-order valence-corrected chi connectivity index (χ1v) is 6.06. The van der Waals surface area contributed by atoms with Crippen molar-refractivity contribution in [3.05, 3.63) is 41.3 Å². The van der Waals surface area contributed by atoms with Crippen molar-refractivity contribution in [2.24, 2.45) is 0 Å². The quantitative estimate of drug-likeness (QED) is 0.855. The summed E-state index contributed by atoms with van der Waals surface area (Å²) in [5.74, 6) is -1.00. The van der Waals surface area contributed by atoms with Crippen molar-refractivity contribution in [2.75, 3.05) is 0 Å². The van der Waals surface area contributed by atoms with Gasteiger partial charge < -0.3 is 5.11 Å². The summed E-state index contributed by atoms with van der Waals surface area (Å²) in [5, 5.41) is 10.0. The van der Waals surface area contributed by atoms with Crippen LogP contribution in [0.25, 0.3) is 0 Å². The fraction of sp³-hybridized carbons (Fsp3) is 0.167. The molecule has 0 amide bonds. The highest BCUT2D eigenvalue weighted by Gasteiger charge is 2.14. The first kappa shape index (κ1) is 12.5. The van der Waals surface area contributed by atoms with Crippen LogP contribution in [0.1, 0.15) is 21.7 Å². The van der Waals surface area contributed by atoms with Gasteiger partial charge >= 0.3 is 5.97 Å². The molecule has 0 saturated heterocycles. The molecule has 0 spiro atoms. The number of aromatic nitrogens is 3. The van der Waals surface area contributed by atoms with Gasteiger partial charge in [0.25, 0.3) is 0 Å². The normalized spacial score (nSPS) is 10.3. The molecule has 0 fully saturated rings. The minimum atomic E-state index is -1.00. The smallest absolute Gasteiger partial charge is 0.338 e. The summed E-state index contributed by atoms with van der Waals surface area (Å²) >= 11 is 1.16. The predicted molar refractivity (Wildman–Crippen MR) is 66.8 cm³/mol. The predicted octanol–water partition coefficient (Wildman–Crippen LogP) is 2.34. The third-order valence-electron chi connectivity index (χ3n) is 2.19. The molecule has 6 heteroatoms. The molecule has 0 aliphatic rings. The van der Waals surface area contributed by atoms with Crippen LogP contribution in [0.15, 0.2) is 34.6 Å². The molecule has 0 saturated carbocycles. The van der Waals surface area contributed by atoms with E-state index in [9.17, 15) is 4.79 Å². The Hall–Kier alpha value is -1.95. The zero-order chi connectivity index (χ0) is 13.1. The maximum absolute atomic E-state index is 11.1. The third-order valence-corrected chi connectivity index (χ3v) is 3.07. The van der Waals surface area contributed by atoms with Crippen LogP contribution in [0.2, 0.25) is 0 Å². The van der Waals surface area contributed by atoms with Crippen LogP contribution in [-0.4, -0.2) is 26.0 Å². The zero-order valence-corrected chi connectivity index (χ0v) is 10.7. The molecule has 0 aromatic carbocycles. The van der Waals surface area contributed by atoms with E-state index < -0.39 is 5.97 Å². The van der Waals surface area contributed by atoms with Gasteiger partial charge in [0.05, 0.1) is 5.56 Å². The Morgan fingerprint density at radius 2 is 1.89 bits per heavy atom. The van der Waals surface area contributed by atoms with Crippen molar-refractivity contribution < 1.29 is 9.90 Å². The van der Waals surface area contributed by atoms with Gasteiger partial charge in [-0.3, -0.25) is 0 Å².